The molecule has 0 saturated heterocycles. The van der Waals surface area contributed by atoms with E-state index in [1.807, 2.05) is 18.2 Å². The summed E-state index contributed by atoms with van der Waals surface area (Å²) in [5.41, 5.74) is 0.933. The highest BCUT2D eigenvalue weighted by Crippen LogP contribution is 2.29. The molecule has 0 aliphatic heterocycles. The highest BCUT2D eigenvalue weighted by molar-refractivity contribution is 5.44. The van der Waals surface area contributed by atoms with E-state index < -0.39 is 0 Å². The van der Waals surface area contributed by atoms with Crippen LogP contribution >= 0.6 is 0 Å². The summed E-state index contributed by atoms with van der Waals surface area (Å²) in [4.78, 5) is 0. The van der Waals surface area contributed by atoms with E-state index in [1.54, 1.807) is 14.2 Å². The Hall–Kier alpha value is -1.66. The first-order chi connectivity index (χ1) is 8.26. The van der Waals surface area contributed by atoms with Crippen LogP contribution in [0.15, 0.2) is 18.2 Å². The lowest BCUT2D eigenvalue weighted by Gasteiger charge is -2.17. The smallest absolute Gasteiger partial charge is 0.124 e. The molecule has 92 valence electrons. The van der Waals surface area contributed by atoms with E-state index in [4.69, 9.17) is 15.9 Å². The van der Waals surface area contributed by atoms with Gasteiger partial charge in [-0.05, 0) is 31.2 Å². The summed E-state index contributed by atoms with van der Waals surface area (Å²) in [5.74, 6) is 4.29. The molecular weight excluding hydrogens is 214 g/mol. The molecule has 1 atom stereocenters. The van der Waals surface area contributed by atoms with Crippen LogP contribution in [0.3, 0.4) is 0 Å². The van der Waals surface area contributed by atoms with Gasteiger partial charge in [-0.2, -0.15) is 0 Å². The van der Waals surface area contributed by atoms with Crippen molar-refractivity contribution in [2.24, 2.45) is 0 Å². The molecule has 0 amide bonds. The zero-order valence-electron chi connectivity index (χ0n) is 10.6. The van der Waals surface area contributed by atoms with Gasteiger partial charge < -0.3 is 9.47 Å². The fraction of sp³-hybridized carbons (Fsp3) is 0.429. The van der Waals surface area contributed by atoms with Gasteiger partial charge in [-0.3, -0.25) is 5.32 Å². The van der Waals surface area contributed by atoms with Crippen molar-refractivity contribution in [2.75, 3.05) is 20.8 Å². The Morgan fingerprint density at radius 1 is 1.35 bits per heavy atom. The third-order valence-corrected chi connectivity index (χ3v) is 2.51. The minimum Gasteiger partial charge on any atom is -0.497 e. The quantitative estimate of drug-likeness (QED) is 0.765. The average Bonchev–Trinajstić information content (AvgIpc) is 2.39. The molecule has 0 aliphatic rings. The van der Waals surface area contributed by atoms with Crippen molar-refractivity contribution in [1.82, 2.24) is 5.32 Å². The molecule has 0 heterocycles. The zero-order valence-corrected chi connectivity index (χ0v) is 10.6. The van der Waals surface area contributed by atoms with E-state index in [1.165, 1.54) is 0 Å². The number of rotatable bonds is 6. The Balaban J connectivity index is 3.02. The molecular formula is C14H19NO2. The molecule has 0 radical (unpaired) electrons. The second kappa shape index (κ2) is 6.82. The monoisotopic (exact) mass is 233 g/mol. The first kappa shape index (κ1) is 13.4. The Bertz CT molecular complexity index is 396. The van der Waals surface area contributed by atoms with Gasteiger partial charge in [-0.15, -0.1) is 6.42 Å². The number of ether oxygens (including phenoxy) is 2. The normalized spacial score (nSPS) is 11.6. The zero-order chi connectivity index (χ0) is 12.7. The molecule has 0 aliphatic carbocycles. The summed E-state index contributed by atoms with van der Waals surface area (Å²) in [5, 5.41) is 3.29. The Morgan fingerprint density at radius 3 is 2.65 bits per heavy atom. The maximum absolute atomic E-state index is 5.55. The number of hydrogen-bond donors (Lipinski definition) is 1. The molecule has 0 bridgehead atoms. The fourth-order valence-electron chi connectivity index (χ4n) is 1.61. The standard InChI is InChI=1S/C14H19NO2/c1-5-9-15-13(6-2)12-10-11(16-3)7-8-14(12)17-4/h2,7-8,10,13,15H,5,9H2,1,3-4H3. The summed E-state index contributed by atoms with van der Waals surface area (Å²) >= 11 is 0. The second-order valence-corrected chi connectivity index (χ2v) is 3.66. The number of benzene rings is 1. The van der Waals surface area contributed by atoms with Crippen LogP contribution in [0.25, 0.3) is 0 Å². The maximum Gasteiger partial charge on any atom is 0.124 e. The highest BCUT2D eigenvalue weighted by Gasteiger charge is 2.13. The van der Waals surface area contributed by atoms with E-state index in [9.17, 15) is 0 Å². The van der Waals surface area contributed by atoms with Gasteiger partial charge in [0.1, 0.15) is 11.5 Å². The molecule has 1 rings (SSSR count). The third kappa shape index (κ3) is 3.40. The van der Waals surface area contributed by atoms with Gasteiger partial charge >= 0.3 is 0 Å². The molecule has 0 spiro atoms. The van der Waals surface area contributed by atoms with Crippen LogP contribution in [0.4, 0.5) is 0 Å². The van der Waals surface area contributed by atoms with Crippen molar-refractivity contribution < 1.29 is 9.47 Å². The number of hydrogen-bond acceptors (Lipinski definition) is 3. The van der Waals surface area contributed by atoms with E-state index in [2.05, 4.69) is 18.2 Å². The summed E-state index contributed by atoms with van der Waals surface area (Å²) in [6, 6.07) is 5.48. The predicted molar refractivity (Wildman–Crippen MR) is 69.4 cm³/mol. The molecule has 1 N–H and O–H groups in total. The van der Waals surface area contributed by atoms with Crippen LogP contribution in [-0.4, -0.2) is 20.8 Å². The second-order valence-electron chi connectivity index (χ2n) is 3.66. The van der Waals surface area contributed by atoms with E-state index in [0.717, 1.165) is 30.0 Å². The Kier molecular flexibility index (Phi) is 5.38. The van der Waals surface area contributed by atoms with Gasteiger partial charge in [0.25, 0.3) is 0 Å². The van der Waals surface area contributed by atoms with Crippen molar-refractivity contribution in [3.05, 3.63) is 23.8 Å². The topological polar surface area (TPSA) is 30.5 Å². The number of nitrogens with one attached hydrogen (secondary N) is 1. The van der Waals surface area contributed by atoms with Crippen molar-refractivity contribution in [3.63, 3.8) is 0 Å². The minimum absolute atomic E-state index is 0.153. The van der Waals surface area contributed by atoms with Gasteiger partial charge in [-0.1, -0.05) is 12.8 Å². The van der Waals surface area contributed by atoms with Crippen LogP contribution in [0.2, 0.25) is 0 Å². The molecule has 3 nitrogen and oxygen atoms in total. The lowest BCUT2D eigenvalue weighted by Crippen LogP contribution is -2.21. The third-order valence-electron chi connectivity index (χ3n) is 2.51. The molecule has 1 unspecified atom stereocenters. The molecule has 1 aromatic carbocycles. The molecule has 1 aromatic rings. The first-order valence-electron chi connectivity index (χ1n) is 5.68. The molecule has 0 aromatic heterocycles. The Labute approximate surface area is 103 Å². The van der Waals surface area contributed by atoms with Crippen LogP contribution in [-0.2, 0) is 0 Å². The number of terminal acetylenes is 1. The SMILES string of the molecule is C#CC(NCCC)c1cc(OC)ccc1OC. The molecule has 3 heteroatoms. The fourth-order valence-corrected chi connectivity index (χ4v) is 1.61. The Morgan fingerprint density at radius 2 is 2.12 bits per heavy atom. The molecule has 0 saturated carbocycles. The largest absolute Gasteiger partial charge is 0.497 e. The summed E-state index contributed by atoms with van der Waals surface area (Å²) in [7, 11) is 3.27. The average molecular weight is 233 g/mol. The van der Waals surface area contributed by atoms with Gasteiger partial charge in [-0.25, -0.2) is 0 Å². The van der Waals surface area contributed by atoms with E-state index in [-0.39, 0.29) is 6.04 Å². The van der Waals surface area contributed by atoms with Crippen LogP contribution in [0, 0.1) is 12.3 Å². The van der Waals surface area contributed by atoms with Crippen LogP contribution < -0.4 is 14.8 Å². The first-order valence-corrected chi connectivity index (χ1v) is 5.68. The van der Waals surface area contributed by atoms with Crippen LogP contribution in [0.5, 0.6) is 11.5 Å². The van der Waals surface area contributed by atoms with E-state index in [0.29, 0.717) is 0 Å². The molecule has 17 heavy (non-hydrogen) atoms. The van der Waals surface area contributed by atoms with Crippen molar-refractivity contribution in [2.45, 2.75) is 19.4 Å². The van der Waals surface area contributed by atoms with Gasteiger partial charge in [0.15, 0.2) is 0 Å². The lowest BCUT2D eigenvalue weighted by atomic mass is 10.1. The summed E-state index contributed by atoms with van der Waals surface area (Å²) < 4.78 is 10.5. The van der Waals surface area contributed by atoms with Gasteiger partial charge in [0, 0.05) is 5.56 Å². The predicted octanol–water partition coefficient (Wildman–Crippen LogP) is 2.38. The van der Waals surface area contributed by atoms with Crippen LogP contribution in [0.1, 0.15) is 24.9 Å². The van der Waals surface area contributed by atoms with Crippen molar-refractivity contribution >= 4 is 0 Å². The van der Waals surface area contributed by atoms with Gasteiger partial charge in [0.05, 0.1) is 20.3 Å². The van der Waals surface area contributed by atoms with Crippen molar-refractivity contribution in [3.8, 4) is 23.8 Å². The lowest BCUT2D eigenvalue weighted by molar-refractivity contribution is 0.395. The minimum atomic E-state index is -0.153. The number of methoxy groups -OCH3 is 2. The highest BCUT2D eigenvalue weighted by atomic mass is 16.5. The van der Waals surface area contributed by atoms with E-state index >= 15 is 0 Å². The molecule has 0 fully saturated rings. The summed E-state index contributed by atoms with van der Waals surface area (Å²) in [6.07, 6.45) is 6.58. The van der Waals surface area contributed by atoms with Crippen molar-refractivity contribution in [1.29, 1.82) is 0 Å². The van der Waals surface area contributed by atoms with Gasteiger partial charge in [0.2, 0.25) is 0 Å². The summed E-state index contributed by atoms with van der Waals surface area (Å²) in [6.45, 7) is 2.97. The maximum atomic E-state index is 5.55.